The van der Waals surface area contributed by atoms with Crippen molar-refractivity contribution in [2.45, 2.75) is 19.8 Å². The van der Waals surface area contributed by atoms with Gasteiger partial charge in [-0.2, -0.15) is 0 Å². The summed E-state index contributed by atoms with van der Waals surface area (Å²) in [7, 11) is 3.44. The van der Waals surface area contributed by atoms with Gasteiger partial charge in [-0.15, -0.1) is 0 Å². The van der Waals surface area contributed by atoms with Gasteiger partial charge in [0, 0.05) is 58.4 Å². The molecule has 7 nitrogen and oxygen atoms in total. The molecule has 1 heterocycles. The maximum Gasteiger partial charge on any atom is 0.224 e. The van der Waals surface area contributed by atoms with Crippen molar-refractivity contribution in [2.75, 3.05) is 58.3 Å². The number of carbonyl (C=O) groups excluding carboxylic acids is 1. The second-order valence-electron chi connectivity index (χ2n) is 7.94. The smallest absolute Gasteiger partial charge is 0.224 e. The van der Waals surface area contributed by atoms with Gasteiger partial charge in [0.1, 0.15) is 5.75 Å². The first-order chi connectivity index (χ1) is 15.6. The van der Waals surface area contributed by atoms with Crippen LogP contribution >= 0.6 is 0 Å². The number of benzene rings is 2. The summed E-state index contributed by atoms with van der Waals surface area (Å²) in [4.78, 5) is 21.2. The molecule has 0 spiro atoms. The van der Waals surface area contributed by atoms with Gasteiger partial charge in [-0.25, -0.2) is 0 Å². The number of aryl methyl sites for hydroxylation is 1. The molecule has 1 fully saturated rings. The van der Waals surface area contributed by atoms with Crippen LogP contribution in [0, 0.1) is 6.92 Å². The Kier molecular flexibility index (Phi) is 8.78. The molecule has 7 heteroatoms. The van der Waals surface area contributed by atoms with E-state index in [4.69, 9.17) is 4.74 Å². The lowest BCUT2D eigenvalue weighted by Crippen LogP contribution is -2.49. The number of piperazine rings is 1. The number of hydrogen-bond acceptors (Lipinski definition) is 4. The van der Waals surface area contributed by atoms with E-state index in [-0.39, 0.29) is 5.91 Å². The number of carbonyl (C=O) groups is 1. The van der Waals surface area contributed by atoms with Gasteiger partial charge in [0.25, 0.3) is 0 Å². The molecule has 1 amide bonds. The molecule has 0 aliphatic carbocycles. The van der Waals surface area contributed by atoms with Crippen molar-refractivity contribution in [1.29, 1.82) is 0 Å². The van der Waals surface area contributed by atoms with E-state index >= 15 is 0 Å². The molecule has 0 atom stereocenters. The number of nitrogens with one attached hydrogen (secondary N) is 2. The second-order valence-corrected chi connectivity index (χ2v) is 7.94. The Hall–Kier alpha value is -3.22. The predicted octanol–water partition coefficient (Wildman–Crippen LogP) is 2.45. The Balaban J connectivity index is 1.36. The van der Waals surface area contributed by atoms with Crippen molar-refractivity contribution in [1.82, 2.24) is 15.5 Å². The van der Waals surface area contributed by atoms with Gasteiger partial charge in [0.15, 0.2) is 5.96 Å². The molecule has 0 unspecified atom stereocenters. The molecule has 1 aliphatic heterocycles. The van der Waals surface area contributed by atoms with E-state index in [1.54, 1.807) is 14.2 Å². The summed E-state index contributed by atoms with van der Waals surface area (Å²) in [5.41, 5.74) is 3.60. The molecule has 2 aromatic rings. The van der Waals surface area contributed by atoms with Crippen LogP contribution < -0.4 is 20.3 Å². The molecule has 2 N–H and O–H groups in total. The fraction of sp³-hybridized carbons (Fsp3) is 0.440. The molecule has 32 heavy (non-hydrogen) atoms. The first-order valence-electron chi connectivity index (χ1n) is 11.3. The summed E-state index contributed by atoms with van der Waals surface area (Å²) >= 11 is 0. The molecule has 2 aromatic carbocycles. The van der Waals surface area contributed by atoms with Crippen LogP contribution in [0.1, 0.15) is 17.5 Å². The average molecular weight is 438 g/mol. The third-order valence-electron chi connectivity index (χ3n) is 5.73. The lowest BCUT2D eigenvalue weighted by atomic mass is 10.1. The average Bonchev–Trinajstić information content (AvgIpc) is 2.83. The van der Waals surface area contributed by atoms with Crippen LogP contribution in [0.5, 0.6) is 5.75 Å². The van der Waals surface area contributed by atoms with E-state index < -0.39 is 0 Å². The van der Waals surface area contributed by atoms with E-state index in [1.165, 1.54) is 16.8 Å². The van der Waals surface area contributed by atoms with Crippen LogP contribution in [0.3, 0.4) is 0 Å². The first-order valence-corrected chi connectivity index (χ1v) is 11.3. The topological polar surface area (TPSA) is 69.2 Å². The minimum Gasteiger partial charge on any atom is -0.496 e. The van der Waals surface area contributed by atoms with Crippen molar-refractivity contribution in [3.63, 3.8) is 0 Å². The van der Waals surface area contributed by atoms with E-state index in [9.17, 15) is 4.79 Å². The van der Waals surface area contributed by atoms with E-state index in [0.717, 1.165) is 44.9 Å². The standard InChI is InChI=1S/C25H35N5O2/c1-20-9-10-23(32-3)21(19-20)11-13-27-25(26-2)28-14-12-24(31)30-17-15-29(16-18-30)22-7-5-4-6-8-22/h4-10,19H,11-18H2,1-3H3,(H2,26,27,28). The second kappa shape index (κ2) is 12.0. The molecule has 0 aromatic heterocycles. The zero-order chi connectivity index (χ0) is 22.8. The maximum absolute atomic E-state index is 12.6. The van der Waals surface area contributed by atoms with Gasteiger partial charge >= 0.3 is 0 Å². The molecule has 1 aliphatic rings. The maximum atomic E-state index is 12.6. The van der Waals surface area contributed by atoms with Gasteiger partial charge in [0.2, 0.25) is 5.91 Å². The lowest BCUT2D eigenvalue weighted by Gasteiger charge is -2.36. The monoisotopic (exact) mass is 437 g/mol. The number of guanidine groups is 1. The van der Waals surface area contributed by atoms with Crippen molar-refractivity contribution in [2.24, 2.45) is 4.99 Å². The minimum absolute atomic E-state index is 0.185. The number of anilines is 1. The Labute approximate surface area is 191 Å². The predicted molar refractivity (Wildman–Crippen MR) is 131 cm³/mol. The Morgan fingerprint density at radius 1 is 1.03 bits per heavy atom. The van der Waals surface area contributed by atoms with Crippen LogP contribution in [0.4, 0.5) is 5.69 Å². The summed E-state index contributed by atoms with van der Waals surface area (Å²) in [6.45, 7) is 6.64. The summed E-state index contributed by atoms with van der Waals surface area (Å²) in [5.74, 6) is 1.79. The zero-order valence-corrected chi connectivity index (χ0v) is 19.4. The van der Waals surface area contributed by atoms with Crippen LogP contribution in [0.25, 0.3) is 0 Å². The number of amides is 1. The van der Waals surface area contributed by atoms with Gasteiger partial charge in [-0.05, 0) is 37.1 Å². The zero-order valence-electron chi connectivity index (χ0n) is 19.4. The van der Waals surface area contributed by atoms with Gasteiger partial charge in [0.05, 0.1) is 7.11 Å². The highest BCUT2D eigenvalue weighted by molar-refractivity contribution is 5.81. The van der Waals surface area contributed by atoms with Crippen LogP contribution in [0.2, 0.25) is 0 Å². The summed E-state index contributed by atoms with van der Waals surface area (Å²) in [5, 5.41) is 6.57. The number of rotatable bonds is 8. The largest absolute Gasteiger partial charge is 0.496 e. The molecule has 0 bridgehead atoms. The summed E-state index contributed by atoms with van der Waals surface area (Å²) < 4.78 is 5.45. The molecule has 172 valence electrons. The Morgan fingerprint density at radius 3 is 2.44 bits per heavy atom. The number of para-hydroxylation sites is 1. The normalized spacial score (nSPS) is 14.3. The number of ether oxygens (including phenoxy) is 1. The van der Waals surface area contributed by atoms with E-state index in [1.807, 2.05) is 17.0 Å². The third-order valence-corrected chi connectivity index (χ3v) is 5.73. The minimum atomic E-state index is 0.185. The first kappa shape index (κ1) is 23.4. The molecule has 3 rings (SSSR count). The van der Waals surface area contributed by atoms with Gasteiger partial charge in [-0.3, -0.25) is 9.79 Å². The highest BCUT2D eigenvalue weighted by Crippen LogP contribution is 2.19. The van der Waals surface area contributed by atoms with Crippen molar-refractivity contribution < 1.29 is 9.53 Å². The number of hydrogen-bond donors (Lipinski definition) is 2. The fourth-order valence-electron chi connectivity index (χ4n) is 3.94. The number of methoxy groups -OCH3 is 1. The Morgan fingerprint density at radius 2 is 1.75 bits per heavy atom. The van der Waals surface area contributed by atoms with E-state index in [2.05, 4.69) is 63.8 Å². The third kappa shape index (κ3) is 6.64. The molecule has 0 radical (unpaired) electrons. The number of aliphatic imine (C=N–C) groups is 1. The highest BCUT2D eigenvalue weighted by Gasteiger charge is 2.20. The Bertz CT molecular complexity index is 892. The summed E-state index contributed by atoms with van der Waals surface area (Å²) in [6, 6.07) is 16.6. The van der Waals surface area contributed by atoms with E-state index in [0.29, 0.717) is 18.9 Å². The molecular formula is C25H35N5O2. The molecular weight excluding hydrogens is 402 g/mol. The quantitative estimate of drug-likeness (QED) is 0.490. The molecule has 0 saturated carbocycles. The molecule has 1 saturated heterocycles. The van der Waals surface area contributed by atoms with Crippen LogP contribution in [0.15, 0.2) is 53.5 Å². The number of nitrogens with zero attached hydrogens (tertiary/aromatic N) is 3. The van der Waals surface area contributed by atoms with Crippen LogP contribution in [-0.4, -0.2) is 70.2 Å². The fourth-order valence-corrected chi connectivity index (χ4v) is 3.94. The lowest BCUT2D eigenvalue weighted by molar-refractivity contribution is -0.131. The summed E-state index contributed by atoms with van der Waals surface area (Å²) in [6.07, 6.45) is 1.29. The SMILES string of the molecule is CN=C(NCCC(=O)N1CCN(c2ccccc2)CC1)NCCc1cc(C)ccc1OC. The van der Waals surface area contributed by atoms with Crippen LogP contribution in [-0.2, 0) is 11.2 Å². The van der Waals surface area contributed by atoms with Crippen molar-refractivity contribution in [3.05, 3.63) is 59.7 Å². The van der Waals surface area contributed by atoms with Gasteiger partial charge in [-0.1, -0.05) is 35.9 Å². The highest BCUT2D eigenvalue weighted by atomic mass is 16.5. The van der Waals surface area contributed by atoms with Crippen molar-refractivity contribution >= 4 is 17.6 Å². The van der Waals surface area contributed by atoms with Crippen molar-refractivity contribution in [3.8, 4) is 5.75 Å². The van der Waals surface area contributed by atoms with Gasteiger partial charge < -0.3 is 25.2 Å².